The van der Waals surface area contributed by atoms with Crippen molar-refractivity contribution in [1.29, 1.82) is 0 Å². The number of nitrogens with one attached hydrogen (secondary N) is 1. The smallest absolute Gasteiger partial charge is 0.238 e. The molecule has 80 valence electrons. The van der Waals surface area contributed by atoms with Crippen molar-refractivity contribution < 1.29 is 4.52 Å². The summed E-state index contributed by atoms with van der Waals surface area (Å²) in [4.78, 5) is 0. The van der Waals surface area contributed by atoms with Crippen LogP contribution in [0.5, 0.6) is 0 Å². The highest BCUT2D eigenvalue weighted by atomic mass is 32.1. The molecule has 1 atom stereocenters. The number of H-pyrrole nitrogens is 1. The lowest BCUT2D eigenvalue weighted by molar-refractivity contribution is 0.390. The predicted octanol–water partition coefficient (Wildman–Crippen LogP) is 1.55. The minimum atomic E-state index is -0.00116. The first-order valence-electron chi connectivity index (χ1n) is 4.53. The highest BCUT2D eigenvalue weighted by molar-refractivity contribution is 7.71. The second-order valence-corrected chi connectivity index (χ2v) is 3.73. The van der Waals surface area contributed by atoms with Gasteiger partial charge in [0.1, 0.15) is 5.76 Å². The summed E-state index contributed by atoms with van der Waals surface area (Å²) in [5, 5.41) is 14.0. The fourth-order valence-electron chi connectivity index (χ4n) is 1.67. The number of aromatic nitrogens is 5. The van der Waals surface area contributed by atoms with Crippen LogP contribution in [0.25, 0.3) is 0 Å². The second-order valence-electron chi connectivity index (χ2n) is 3.37. The van der Waals surface area contributed by atoms with Gasteiger partial charge in [0.15, 0.2) is 0 Å². The van der Waals surface area contributed by atoms with Crippen LogP contribution in [0.15, 0.2) is 4.52 Å². The molecular formula is C8H11N5OS. The van der Waals surface area contributed by atoms with Crippen LogP contribution in [0, 0.1) is 18.6 Å². The summed E-state index contributed by atoms with van der Waals surface area (Å²) in [5.74, 6) is 0.788. The standard InChI is InChI=1S/C8H11N5OS/c1-4-7(6(3)14-10-4)5(2)13-8(15)9-11-12-13/h5H,1-3H3,(H,9,12,15). The normalized spacial score (nSPS) is 13.0. The van der Waals surface area contributed by atoms with Gasteiger partial charge in [0.05, 0.1) is 11.7 Å². The van der Waals surface area contributed by atoms with Crippen molar-refractivity contribution in [2.45, 2.75) is 26.8 Å². The number of aromatic amines is 1. The maximum atomic E-state index is 5.10. The van der Waals surface area contributed by atoms with Crippen molar-refractivity contribution in [2.75, 3.05) is 0 Å². The van der Waals surface area contributed by atoms with Crippen LogP contribution >= 0.6 is 12.2 Å². The van der Waals surface area contributed by atoms with Crippen molar-refractivity contribution in [3.05, 3.63) is 21.8 Å². The molecule has 0 spiro atoms. The maximum Gasteiger partial charge on any atom is 0.238 e. The first-order valence-corrected chi connectivity index (χ1v) is 4.94. The van der Waals surface area contributed by atoms with Gasteiger partial charge in [-0.25, -0.2) is 4.68 Å². The van der Waals surface area contributed by atoms with E-state index in [1.54, 1.807) is 4.68 Å². The lowest BCUT2D eigenvalue weighted by atomic mass is 10.1. The third-order valence-corrected chi connectivity index (χ3v) is 2.67. The van der Waals surface area contributed by atoms with Crippen LogP contribution in [-0.2, 0) is 0 Å². The minimum absolute atomic E-state index is 0.00116. The molecule has 0 radical (unpaired) electrons. The van der Waals surface area contributed by atoms with E-state index in [1.165, 1.54) is 0 Å². The molecule has 15 heavy (non-hydrogen) atoms. The van der Waals surface area contributed by atoms with Crippen LogP contribution in [0.2, 0.25) is 0 Å². The first-order chi connectivity index (χ1) is 7.11. The molecule has 2 aromatic rings. The third kappa shape index (κ3) is 1.58. The van der Waals surface area contributed by atoms with Gasteiger partial charge in [0.2, 0.25) is 4.77 Å². The molecule has 7 heteroatoms. The Morgan fingerprint density at radius 3 is 2.67 bits per heavy atom. The quantitative estimate of drug-likeness (QED) is 0.785. The fraction of sp³-hybridized carbons (Fsp3) is 0.500. The lowest BCUT2D eigenvalue weighted by Gasteiger charge is -2.10. The van der Waals surface area contributed by atoms with Gasteiger partial charge in [0, 0.05) is 5.56 Å². The Kier molecular flexibility index (Phi) is 2.39. The third-order valence-electron chi connectivity index (χ3n) is 2.39. The highest BCUT2D eigenvalue weighted by Gasteiger charge is 2.18. The lowest BCUT2D eigenvalue weighted by Crippen LogP contribution is -2.10. The van der Waals surface area contributed by atoms with E-state index in [0.717, 1.165) is 17.0 Å². The molecule has 2 heterocycles. The van der Waals surface area contributed by atoms with E-state index in [0.29, 0.717) is 4.77 Å². The van der Waals surface area contributed by atoms with Gasteiger partial charge in [0.25, 0.3) is 0 Å². The molecule has 0 fully saturated rings. The molecular weight excluding hydrogens is 214 g/mol. The number of aryl methyl sites for hydroxylation is 2. The van der Waals surface area contributed by atoms with Crippen LogP contribution in [0.1, 0.15) is 30.0 Å². The summed E-state index contributed by atoms with van der Waals surface area (Å²) in [6.07, 6.45) is 0. The molecule has 0 saturated heterocycles. The summed E-state index contributed by atoms with van der Waals surface area (Å²) in [7, 11) is 0. The van der Waals surface area contributed by atoms with Crippen molar-refractivity contribution >= 4 is 12.2 Å². The summed E-state index contributed by atoms with van der Waals surface area (Å²) in [5.41, 5.74) is 1.87. The van der Waals surface area contributed by atoms with Crippen LogP contribution in [0.4, 0.5) is 0 Å². The first kappa shape index (κ1) is 10.0. The highest BCUT2D eigenvalue weighted by Crippen LogP contribution is 2.23. The average Bonchev–Trinajstić information content (AvgIpc) is 2.73. The van der Waals surface area contributed by atoms with Gasteiger partial charge in [-0.3, -0.25) is 0 Å². The van der Waals surface area contributed by atoms with E-state index in [1.807, 2.05) is 20.8 Å². The van der Waals surface area contributed by atoms with E-state index in [2.05, 4.69) is 20.7 Å². The number of hydrogen-bond donors (Lipinski definition) is 1. The Balaban J connectivity index is 2.49. The molecule has 2 aromatic heterocycles. The summed E-state index contributed by atoms with van der Waals surface area (Å²) >= 11 is 5.03. The van der Waals surface area contributed by atoms with E-state index < -0.39 is 0 Å². The number of hydrogen-bond acceptors (Lipinski definition) is 5. The molecule has 2 rings (SSSR count). The van der Waals surface area contributed by atoms with Gasteiger partial charge in [-0.05, 0) is 33.0 Å². The number of tetrazole rings is 1. The van der Waals surface area contributed by atoms with E-state index >= 15 is 0 Å². The Labute approximate surface area is 91.3 Å². The SMILES string of the molecule is Cc1noc(C)c1C(C)n1[nH]nnc1=S. The molecule has 0 bridgehead atoms. The Bertz CT molecular complexity index is 506. The topological polar surface area (TPSA) is 72.5 Å². The second kappa shape index (κ2) is 3.58. The van der Waals surface area contributed by atoms with Crippen LogP contribution < -0.4 is 0 Å². The summed E-state index contributed by atoms with van der Waals surface area (Å²) in [6, 6.07) is -0.00116. The number of rotatable bonds is 2. The fourth-order valence-corrected chi connectivity index (χ4v) is 1.91. The Morgan fingerprint density at radius 1 is 1.47 bits per heavy atom. The monoisotopic (exact) mass is 225 g/mol. The molecule has 1 unspecified atom stereocenters. The van der Waals surface area contributed by atoms with Crippen LogP contribution in [0.3, 0.4) is 0 Å². The van der Waals surface area contributed by atoms with Crippen molar-refractivity contribution in [3.63, 3.8) is 0 Å². The summed E-state index contributed by atoms with van der Waals surface area (Å²) < 4.78 is 7.22. The predicted molar refractivity (Wildman–Crippen MR) is 55.0 cm³/mol. The average molecular weight is 225 g/mol. The minimum Gasteiger partial charge on any atom is -0.361 e. The number of nitrogens with zero attached hydrogens (tertiary/aromatic N) is 4. The molecule has 0 saturated carbocycles. The van der Waals surface area contributed by atoms with Crippen molar-refractivity contribution in [2.24, 2.45) is 0 Å². The van der Waals surface area contributed by atoms with Crippen LogP contribution in [-0.4, -0.2) is 25.4 Å². The molecule has 0 aromatic carbocycles. The van der Waals surface area contributed by atoms with Gasteiger partial charge in [-0.2, -0.15) is 5.21 Å². The van der Waals surface area contributed by atoms with Crippen molar-refractivity contribution in [1.82, 2.24) is 25.4 Å². The van der Waals surface area contributed by atoms with E-state index in [-0.39, 0.29) is 6.04 Å². The van der Waals surface area contributed by atoms with Gasteiger partial charge >= 0.3 is 0 Å². The molecule has 6 nitrogen and oxygen atoms in total. The molecule has 0 amide bonds. The zero-order valence-electron chi connectivity index (χ0n) is 8.68. The zero-order chi connectivity index (χ0) is 11.0. The van der Waals surface area contributed by atoms with E-state index in [9.17, 15) is 0 Å². The van der Waals surface area contributed by atoms with Gasteiger partial charge in [-0.15, -0.1) is 0 Å². The van der Waals surface area contributed by atoms with Gasteiger partial charge < -0.3 is 4.52 Å². The molecule has 0 aliphatic heterocycles. The Hall–Kier alpha value is -1.50. The van der Waals surface area contributed by atoms with Crippen molar-refractivity contribution in [3.8, 4) is 0 Å². The largest absolute Gasteiger partial charge is 0.361 e. The Morgan fingerprint density at radius 2 is 2.20 bits per heavy atom. The maximum absolute atomic E-state index is 5.10. The molecule has 0 aliphatic carbocycles. The summed E-state index contributed by atoms with van der Waals surface area (Å²) in [6.45, 7) is 5.76. The van der Waals surface area contributed by atoms with Gasteiger partial charge in [-0.1, -0.05) is 15.5 Å². The molecule has 0 aliphatic rings. The zero-order valence-corrected chi connectivity index (χ0v) is 9.50. The van der Waals surface area contributed by atoms with E-state index in [4.69, 9.17) is 16.7 Å². The molecule has 1 N–H and O–H groups in total.